The Balaban J connectivity index is 2.23. The lowest BCUT2D eigenvalue weighted by atomic mass is 10.3. The molecule has 1 heterocycles. The van der Waals surface area contributed by atoms with Crippen LogP contribution in [-0.2, 0) is 4.79 Å². The second kappa shape index (κ2) is 4.69. The molecule has 2 aromatic rings. The molecule has 1 aromatic heterocycles. The normalized spacial score (nSPS) is 10.2. The maximum absolute atomic E-state index is 10.4. The highest BCUT2D eigenvalue weighted by atomic mass is 16.5. The van der Waals surface area contributed by atoms with Crippen molar-refractivity contribution in [2.24, 2.45) is 0 Å². The van der Waals surface area contributed by atoms with Gasteiger partial charge in [0.05, 0.1) is 5.69 Å². The van der Waals surface area contributed by atoms with Gasteiger partial charge in [-0.1, -0.05) is 6.07 Å². The number of aliphatic carboxylic acids is 1. The van der Waals surface area contributed by atoms with Crippen LogP contribution in [-0.4, -0.2) is 27.2 Å². The Morgan fingerprint density at radius 3 is 3.00 bits per heavy atom. The Kier molecular flexibility index (Phi) is 3.09. The molecular formula is C12H12N2O3. The zero-order chi connectivity index (χ0) is 12.3. The Hall–Kier alpha value is -2.30. The predicted molar refractivity (Wildman–Crippen MR) is 61.4 cm³/mol. The number of nitrogens with zero attached hydrogens (tertiary/aromatic N) is 2. The molecule has 0 saturated heterocycles. The molecule has 0 aliphatic heterocycles. The van der Waals surface area contributed by atoms with E-state index in [0.29, 0.717) is 5.75 Å². The lowest BCUT2D eigenvalue weighted by molar-refractivity contribution is -0.139. The van der Waals surface area contributed by atoms with Gasteiger partial charge in [-0.25, -0.2) is 9.78 Å². The first-order valence-electron chi connectivity index (χ1n) is 5.12. The molecule has 0 radical (unpaired) electrons. The molecule has 0 amide bonds. The fourth-order valence-corrected chi connectivity index (χ4v) is 1.52. The van der Waals surface area contributed by atoms with Gasteiger partial charge in [0.25, 0.3) is 0 Å². The van der Waals surface area contributed by atoms with E-state index in [1.165, 1.54) is 0 Å². The van der Waals surface area contributed by atoms with E-state index in [2.05, 4.69) is 4.98 Å². The van der Waals surface area contributed by atoms with Crippen LogP contribution in [0.3, 0.4) is 0 Å². The molecule has 1 N–H and O–H groups in total. The van der Waals surface area contributed by atoms with Crippen molar-refractivity contribution >= 4 is 5.97 Å². The summed E-state index contributed by atoms with van der Waals surface area (Å²) in [5.74, 6) is 0.396. The highest BCUT2D eigenvalue weighted by Crippen LogP contribution is 2.17. The van der Waals surface area contributed by atoms with Gasteiger partial charge in [-0.15, -0.1) is 0 Å². The SMILES string of the molecule is Cc1nccn1-c1cccc(OCC(=O)O)c1. The topological polar surface area (TPSA) is 64.4 Å². The quantitative estimate of drug-likeness (QED) is 0.870. The molecule has 88 valence electrons. The molecule has 0 spiro atoms. The van der Waals surface area contributed by atoms with Crippen molar-refractivity contribution in [3.05, 3.63) is 42.5 Å². The standard InChI is InChI=1S/C12H12N2O3/c1-9-13-5-6-14(9)10-3-2-4-11(7-10)17-8-12(15)16/h2-7H,8H2,1H3,(H,15,16). The highest BCUT2D eigenvalue weighted by molar-refractivity contribution is 5.68. The minimum Gasteiger partial charge on any atom is -0.482 e. The van der Waals surface area contributed by atoms with Gasteiger partial charge in [-0.3, -0.25) is 0 Å². The second-order valence-corrected chi connectivity index (χ2v) is 3.52. The van der Waals surface area contributed by atoms with Crippen LogP contribution in [0.1, 0.15) is 5.82 Å². The summed E-state index contributed by atoms with van der Waals surface area (Å²) in [6.45, 7) is 1.55. The first-order valence-corrected chi connectivity index (χ1v) is 5.12. The van der Waals surface area contributed by atoms with Crippen LogP contribution in [0.4, 0.5) is 0 Å². The first kappa shape index (κ1) is 11.2. The van der Waals surface area contributed by atoms with E-state index < -0.39 is 5.97 Å². The zero-order valence-electron chi connectivity index (χ0n) is 9.33. The first-order chi connectivity index (χ1) is 8.16. The number of benzene rings is 1. The van der Waals surface area contributed by atoms with Gasteiger partial charge in [0.15, 0.2) is 6.61 Å². The molecule has 5 heteroatoms. The molecular weight excluding hydrogens is 220 g/mol. The van der Waals surface area contributed by atoms with Gasteiger partial charge in [-0.05, 0) is 19.1 Å². The number of carboxylic acids is 1. The lowest BCUT2D eigenvalue weighted by Crippen LogP contribution is -2.09. The molecule has 0 atom stereocenters. The summed E-state index contributed by atoms with van der Waals surface area (Å²) in [4.78, 5) is 14.5. The van der Waals surface area contributed by atoms with E-state index in [1.54, 1.807) is 18.3 Å². The van der Waals surface area contributed by atoms with Crippen LogP contribution in [0.5, 0.6) is 5.75 Å². The number of aryl methyl sites for hydroxylation is 1. The van der Waals surface area contributed by atoms with Gasteiger partial charge in [-0.2, -0.15) is 0 Å². The average molecular weight is 232 g/mol. The van der Waals surface area contributed by atoms with Crippen molar-refractivity contribution in [1.29, 1.82) is 0 Å². The van der Waals surface area contributed by atoms with Crippen LogP contribution < -0.4 is 4.74 Å². The van der Waals surface area contributed by atoms with Gasteiger partial charge < -0.3 is 14.4 Å². The predicted octanol–water partition coefficient (Wildman–Crippen LogP) is 1.64. The summed E-state index contributed by atoms with van der Waals surface area (Å²) in [6.07, 6.45) is 3.55. The number of carboxylic acid groups (broad SMARTS) is 1. The van der Waals surface area contributed by atoms with E-state index >= 15 is 0 Å². The summed E-state index contributed by atoms with van der Waals surface area (Å²) in [6, 6.07) is 7.21. The minimum atomic E-state index is -0.991. The third-order valence-corrected chi connectivity index (χ3v) is 2.28. The van der Waals surface area contributed by atoms with Crippen molar-refractivity contribution in [2.75, 3.05) is 6.61 Å². The van der Waals surface area contributed by atoms with E-state index in [0.717, 1.165) is 11.5 Å². The molecule has 0 fully saturated rings. The summed E-state index contributed by atoms with van der Waals surface area (Å²) in [5.41, 5.74) is 0.892. The van der Waals surface area contributed by atoms with Crippen molar-refractivity contribution in [1.82, 2.24) is 9.55 Å². The Bertz CT molecular complexity index is 534. The third kappa shape index (κ3) is 2.63. The van der Waals surface area contributed by atoms with Crippen LogP contribution >= 0.6 is 0 Å². The fourth-order valence-electron chi connectivity index (χ4n) is 1.52. The Morgan fingerprint density at radius 1 is 1.53 bits per heavy atom. The van der Waals surface area contributed by atoms with Crippen molar-refractivity contribution in [3.63, 3.8) is 0 Å². The van der Waals surface area contributed by atoms with Crippen LogP contribution in [0, 0.1) is 6.92 Å². The summed E-state index contributed by atoms with van der Waals surface area (Å²) < 4.78 is 7.01. The van der Waals surface area contributed by atoms with Gasteiger partial charge in [0, 0.05) is 18.5 Å². The zero-order valence-corrected chi connectivity index (χ0v) is 9.33. The fraction of sp³-hybridized carbons (Fsp3) is 0.167. The van der Waals surface area contributed by atoms with Crippen LogP contribution in [0.15, 0.2) is 36.7 Å². The maximum Gasteiger partial charge on any atom is 0.341 e. The second-order valence-electron chi connectivity index (χ2n) is 3.52. The number of imidazole rings is 1. The number of hydrogen-bond donors (Lipinski definition) is 1. The molecule has 1 aromatic carbocycles. The van der Waals surface area contributed by atoms with Gasteiger partial charge in [0.2, 0.25) is 0 Å². The number of hydrogen-bond acceptors (Lipinski definition) is 3. The number of ether oxygens (including phenoxy) is 1. The Morgan fingerprint density at radius 2 is 2.35 bits per heavy atom. The Labute approximate surface area is 98.3 Å². The molecule has 5 nitrogen and oxygen atoms in total. The van der Waals surface area contributed by atoms with E-state index in [1.807, 2.05) is 29.8 Å². The largest absolute Gasteiger partial charge is 0.482 e. The van der Waals surface area contributed by atoms with Gasteiger partial charge in [0.1, 0.15) is 11.6 Å². The van der Waals surface area contributed by atoms with Crippen molar-refractivity contribution in [2.45, 2.75) is 6.92 Å². The number of carbonyl (C=O) groups is 1. The maximum atomic E-state index is 10.4. The molecule has 17 heavy (non-hydrogen) atoms. The highest BCUT2D eigenvalue weighted by Gasteiger charge is 2.03. The van der Waals surface area contributed by atoms with Crippen molar-refractivity contribution < 1.29 is 14.6 Å². The smallest absolute Gasteiger partial charge is 0.341 e. The van der Waals surface area contributed by atoms with Crippen LogP contribution in [0.25, 0.3) is 5.69 Å². The van der Waals surface area contributed by atoms with Gasteiger partial charge >= 0.3 is 5.97 Å². The summed E-state index contributed by atoms with van der Waals surface area (Å²) >= 11 is 0. The summed E-state index contributed by atoms with van der Waals surface area (Å²) in [7, 11) is 0. The monoisotopic (exact) mass is 232 g/mol. The molecule has 2 rings (SSSR count). The number of aromatic nitrogens is 2. The van der Waals surface area contributed by atoms with E-state index in [4.69, 9.17) is 9.84 Å². The molecule has 0 unspecified atom stereocenters. The van der Waals surface area contributed by atoms with Crippen molar-refractivity contribution in [3.8, 4) is 11.4 Å². The average Bonchev–Trinajstić information content (AvgIpc) is 2.73. The third-order valence-electron chi connectivity index (χ3n) is 2.28. The molecule has 0 aliphatic rings. The minimum absolute atomic E-state index is 0.341. The van der Waals surface area contributed by atoms with E-state index in [-0.39, 0.29) is 6.61 Å². The molecule has 0 saturated carbocycles. The molecule has 0 aliphatic carbocycles. The molecule has 0 bridgehead atoms. The summed E-state index contributed by atoms with van der Waals surface area (Å²) in [5, 5.41) is 8.53. The number of rotatable bonds is 4. The van der Waals surface area contributed by atoms with E-state index in [9.17, 15) is 4.79 Å². The van der Waals surface area contributed by atoms with Crippen LogP contribution in [0.2, 0.25) is 0 Å². The lowest BCUT2D eigenvalue weighted by Gasteiger charge is -2.08.